The Morgan fingerprint density at radius 3 is 2.54 bits per heavy atom. The van der Waals surface area contributed by atoms with Crippen molar-refractivity contribution >= 4 is 10.9 Å². The summed E-state index contributed by atoms with van der Waals surface area (Å²) in [5.41, 5.74) is 2.65. The summed E-state index contributed by atoms with van der Waals surface area (Å²) < 4.78 is 5.89. The molecular formula is C20H15N3O. The minimum absolute atomic E-state index is 0.526. The molecule has 0 aliphatic rings. The maximum absolute atomic E-state index is 5.89. The van der Waals surface area contributed by atoms with E-state index < -0.39 is 0 Å². The summed E-state index contributed by atoms with van der Waals surface area (Å²) in [5.74, 6) is 1.91. The normalized spacial score (nSPS) is 10.7. The summed E-state index contributed by atoms with van der Waals surface area (Å²) in [6, 6.07) is 21.4. The Morgan fingerprint density at radius 1 is 0.792 bits per heavy atom. The number of aryl methyl sites for hydroxylation is 1. The van der Waals surface area contributed by atoms with Gasteiger partial charge in [0.05, 0.1) is 5.52 Å². The second kappa shape index (κ2) is 6.08. The number of aromatic nitrogens is 3. The molecule has 4 rings (SSSR count). The molecule has 116 valence electrons. The zero-order valence-corrected chi connectivity index (χ0v) is 13.2. The predicted octanol–water partition coefficient (Wildman–Crippen LogP) is 4.79. The molecule has 4 heteroatoms. The summed E-state index contributed by atoms with van der Waals surface area (Å²) in [6.07, 6.45) is 1.81. The molecule has 2 aromatic carbocycles. The van der Waals surface area contributed by atoms with E-state index in [-0.39, 0.29) is 0 Å². The van der Waals surface area contributed by atoms with E-state index in [4.69, 9.17) is 4.74 Å². The number of nitrogens with zero attached hydrogens (tertiary/aromatic N) is 3. The highest BCUT2D eigenvalue weighted by molar-refractivity contribution is 5.79. The number of para-hydroxylation sites is 2. The van der Waals surface area contributed by atoms with E-state index in [1.54, 1.807) is 0 Å². The number of hydrogen-bond acceptors (Lipinski definition) is 4. The summed E-state index contributed by atoms with van der Waals surface area (Å²) in [7, 11) is 0. The van der Waals surface area contributed by atoms with Crippen molar-refractivity contribution < 1.29 is 4.74 Å². The molecule has 0 aliphatic carbocycles. The zero-order valence-electron chi connectivity index (χ0n) is 13.2. The van der Waals surface area contributed by atoms with E-state index in [1.165, 1.54) is 0 Å². The van der Waals surface area contributed by atoms with Gasteiger partial charge >= 0.3 is 0 Å². The zero-order chi connectivity index (χ0) is 16.4. The van der Waals surface area contributed by atoms with Crippen LogP contribution in [0.15, 0.2) is 72.9 Å². The Bertz CT molecular complexity index is 1010. The summed E-state index contributed by atoms with van der Waals surface area (Å²) in [6.45, 7) is 2.01. The third-order valence-electron chi connectivity index (χ3n) is 3.75. The Morgan fingerprint density at radius 2 is 1.62 bits per heavy atom. The number of fused-ring (bicyclic) bond motifs is 1. The van der Waals surface area contributed by atoms with Crippen molar-refractivity contribution in [2.45, 2.75) is 6.92 Å². The molecule has 0 N–H and O–H groups in total. The van der Waals surface area contributed by atoms with E-state index in [0.29, 0.717) is 17.4 Å². The van der Waals surface area contributed by atoms with E-state index in [1.807, 2.05) is 79.9 Å². The third kappa shape index (κ3) is 2.82. The van der Waals surface area contributed by atoms with Gasteiger partial charge in [-0.2, -0.15) is 0 Å². The maximum atomic E-state index is 5.89. The first-order chi connectivity index (χ1) is 11.8. The number of rotatable bonds is 3. The topological polar surface area (TPSA) is 47.9 Å². The molecule has 2 heterocycles. The molecule has 0 fully saturated rings. The molecule has 0 radical (unpaired) electrons. The van der Waals surface area contributed by atoms with Gasteiger partial charge in [-0.1, -0.05) is 42.5 Å². The summed E-state index contributed by atoms with van der Waals surface area (Å²) >= 11 is 0. The van der Waals surface area contributed by atoms with Crippen LogP contribution < -0.4 is 4.74 Å². The van der Waals surface area contributed by atoms with Gasteiger partial charge in [0.2, 0.25) is 5.88 Å². The van der Waals surface area contributed by atoms with Crippen molar-refractivity contribution in [3.63, 3.8) is 0 Å². The second-order valence-corrected chi connectivity index (χ2v) is 5.48. The first-order valence-corrected chi connectivity index (χ1v) is 7.72. The van der Waals surface area contributed by atoms with Gasteiger partial charge in [0.25, 0.3) is 0 Å². The van der Waals surface area contributed by atoms with Crippen LogP contribution in [-0.4, -0.2) is 15.0 Å². The Labute approximate surface area is 139 Å². The van der Waals surface area contributed by atoms with Crippen LogP contribution in [0.4, 0.5) is 0 Å². The standard InChI is InChI=1S/C20H15N3O/c1-14-7-2-5-11-18(14)24-19-12-6-10-17(22-19)20-21-13-15-8-3-4-9-16(15)23-20/h2-13H,1H3. The lowest BCUT2D eigenvalue weighted by atomic mass is 10.2. The van der Waals surface area contributed by atoms with Gasteiger partial charge in [0.15, 0.2) is 5.82 Å². The highest BCUT2D eigenvalue weighted by atomic mass is 16.5. The molecular weight excluding hydrogens is 298 g/mol. The van der Waals surface area contributed by atoms with Gasteiger partial charge in [0, 0.05) is 17.6 Å². The largest absolute Gasteiger partial charge is 0.439 e. The van der Waals surface area contributed by atoms with Crippen LogP contribution in [0.1, 0.15) is 5.56 Å². The number of benzene rings is 2. The fourth-order valence-corrected chi connectivity index (χ4v) is 2.48. The molecule has 0 unspecified atom stereocenters. The lowest BCUT2D eigenvalue weighted by Crippen LogP contribution is -1.95. The van der Waals surface area contributed by atoms with E-state index >= 15 is 0 Å². The molecule has 0 spiro atoms. The van der Waals surface area contributed by atoms with E-state index in [0.717, 1.165) is 22.2 Å². The van der Waals surface area contributed by atoms with Crippen molar-refractivity contribution in [2.24, 2.45) is 0 Å². The number of pyridine rings is 1. The smallest absolute Gasteiger partial charge is 0.219 e. The van der Waals surface area contributed by atoms with Crippen molar-refractivity contribution in [2.75, 3.05) is 0 Å². The van der Waals surface area contributed by atoms with Crippen molar-refractivity contribution in [1.82, 2.24) is 15.0 Å². The van der Waals surface area contributed by atoms with Crippen LogP contribution in [0, 0.1) is 6.92 Å². The Balaban J connectivity index is 1.70. The third-order valence-corrected chi connectivity index (χ3v) is 3.75. The molecule has 4 nitrogen and oxygen atoms in total. The number of hydrogen-bond donors (Lipinski definition) is 0. The average Bonchev–Trinajstić information content (AvgIpc) is 2.63. The summed E-state index contributed by atoms with van der Waals surface area (Å²) in [5, 5.41) is 1.01. The molecule has 4 aromatic rings. The van der Waals surface area contributed by atoms with Crippen molar-refractivity contribution in [3.05, 3.63) is 78.5 Å². The predicted molar refractivity (Wildman–Crippen MR) is 94.0 cm³/mol. The molecule has 2 aromatic heterocycles. The fourth-order valence-electron chi connectivity index (χ4n) is 2.48. The molecule has 0 saturated carbocycles. The van der Waals surface area contributed by atoms with Gasteiger partial charge in [-0.25, -0.2) is 15.0 Å². The highest BCUT2D eigenvalue weighted by Crippen LogP contribution is 2.25. The molecule has 0 bridgehead atoms. The molecule has 0 amide bonds. The van der Waals surface area contributed by atoms with Gasteiger partial charge in [0.1, 0.15) is 11.4 Å². The van der Waals surface area contributed by atoms with Gasteiger partial charge in [-0.15, -0.1) is 0 Å². The molecule has 0 aliphatic heterocycles. The Kier molecular flexibility index (Phi) is 3.63. The maximum Gasteiger partial charge on any atom is 0.219 e. The van der Waals surface area contributed by atoms with E-state index in [2.05, 4.69) is 15.0 Å². The van der Waals surface area contributed by atoms with Gasteiger partial charge in [-0.3, -0.25) is 0 Å². The number of ether oxygens (including phenoxy) is 1. The fraction of sp³-hybridized carbons (Fsp3) is 0.0500. The average molecular weight is 313 g/mol. The quantitative estimate of drug-likeness (QED) is 0.545. The van der Waals surface area contributed by atoms with Crippen molar-refractivity contribution in [3.8, 4) is 23.1 Å². The van der Waals surface area contributed by atoms with Crippen LogP contribution in [0.5, 0.6) is 11.6 Å². The lowest BCUT2D eigenvalue weighted by molar-refractivity contribution is 0.460. The van der Waals surface area contributed by atoms with Crippen LogP contribution >= 0.6 is 0 Å². The van der Waals surface area contributed by atoms with E-state index in [9.17, 15) is 0 Å². The molecule has 0 atom stereocenters. The van der Waals surface area contributed by atoms with Gasteiger partial charge in [-0.05, 0) is 30.7 Å². The highest BCUT2D eigenvalue weighted by Gasteiger charge is 2.07. The summed E-state index contributed by atoms with van der Waals surface area (Å²) in [4.78, 5) is 13.5. The second-order valence-electron chi connectivity index (χ2n) is 5.48. The van der Waals surface area contributed by atoms with Crippen LogP contribution in [0.3, 0.4) is 0 Å². The first-order valence-electron chi connectivity index (χ1n) is 7.72. The minimum atomic E-state index is 0.526. The first kappa shape index (κ1) is 14.3. The van der Waals surface area contributed by atoms with Crippen molar-refractivity contribution in [1.29, 1.82) is 0 Å². The van der Waals surface area contributed by atoms with Crippen LogP contribution in [0.25, 0.3) is 22.4 Å². The minimum Gasteiger partial charge on any atom is -0.439 e. The molecule has 24 heavy (non-hydrogen) atoms. The van der Waals surface area contributed by atoms with Crippen LogP contribution in [0.2, 0.25) is 0 Å². The monoisotopic (exact) mass is 313 g/mol. The molecule has 0 saturated heterocycles. The SMILES string of the molecule is Cc1ccccc1Oc1cccc(-c2ncc3ccccc3n2)n1. The lowest BCUT2D eigenvalue weighted by Gasteiger charge is -2.08. The van der Waals surface area contributed by atoms with Gasteiger partial charge < -0.3 is 4.74 Å². The Hall–Kier alpha value is -3.27. The van der Waals surface area contributed by atoms with Crippen LogP contribution in [-0.2, 0) is 0 Å².